The molecule has 0 aliphatic rings. The van der Waals surface area contributed by atoms with E-state index >= 15 is 0 Å². The summed E-state index contributed by atoms with van der Waals surface area (Å²) in [6, 6.07) is 7.63. The lowest BCUT2D eigenvalue weighted by molar-refractivity contribution is 0.305. The molecule has 0 saturated heterocycles. The summed E-state index contributed by atoms with van der Waals surface area (Å²) < 4.78 is 18.1. The Labute approximate surface area is 97.7 Å². The molecule has 0 unspecified atom stereocenters. The molecule has 0 aliphatic heterocycles. The van der Waals surface area contributed by atoms with E-state index in [1.54, 1.807) is 30.6 Å². The number of hydrogen-bond donors (Lipinski definition) is 0. The number of ether oxygens (including phenoxy) is 1. The summed E-state index contributed by atoms with van der Waals surface area (Å²) >= 11 is 5.91. The lowest BCUT2D eigenvalue weighted by Crippen LogP contribution is -1.96. The van der Waals surface area contributed by atoms with Gasteiger partial charge in [-0.15, -0.1) is 0 Å². The second kappa shape index (κ2) is 4.94. The van der Waals surface area contributed by atoms with Crippen LogP contribution in [0.2, 0.25) is 5.02 Å². The van der Waals surface area contributed by atoms with E-state index < -0.39 is 0 Å². The van der Waals surface area contributed by atoms with Crippen molar-refractivity contribution in [3.63, 3.8) is 0 Å². The van der Waals surface area contributed by atoms with Gasteiger partial charge in [0.25, 0.3) is 0 Å². The number of nitrogens with zero attached hydrogens (tertiary/aromatic N) is 1. The maximum Gasteiger partial charge on any atom is 0.123 e. The van der Waals surface area contributed by atoms with E-state index in [4.69, 9.17) is 16.3 Å². The average molecular weight is 238 g/mol. The zero-order valence-electron chi connectivity index (χ0n) is 8.36. The monoisotopic (exact) mass is 237 g/mol. The minimum atomic E-state index is -0.283. The summed E-state index contributed by atoms with van der Waals surface area (Å²) in [6.07, 6.45) is 3.21. The molecule has 0 N–H and O–H groups in total. The molecule has 0 saturated carbocycles. The minimum absolute atomic E-state index is 0.283. The highest BCUT2D eigenvalue weighted by Gasteiger charge is 2.00. The average Bonchev–Trinajstić information content (AvgIpc) is 2.30. The van der Waals surface area contributed by atoms with Crippen LogP contribution in [0.5, 0.6) is 5.75 Å². The lowest BCUT2D eigenvalue weighted by Gasteiger charge is -2.06. The van der Waals surface area contributed by atoms with Crippen molar-refractivity contribution in [3.05, 3.63) is 59.1 Å². The smallest absolute Gasteiger partial charge is 0.123 e. The Kier molecular flexibility index (Phi) is 3.37. The predicted octanol–water partition coefficient (Wildman–Crippen LogP) is 3.45. The van der Waals surface area contributed by atoms with Gasteiger partial charge in [-0.25, -0.2) is 4.39 Å². The largest absolute Gasteiger partial charge is 0.489 e. The normalized spacial score (nSPS) is 10.1. The van der Waals surface area contributed by atoms with Crippen LogP contribution in [0, 0.1) is 5.82 Å². The molecule has 0 fully saturated rings. The Morgan fingerprint density at radius 1 is 1.19 bits per heavy atom. The van der Waals surface area contributed by atoms with Gasteiger partial charge in [-0.05, 0) is 30.3 Å². The fraction of sp³-hybridized carbons (Fsp3) is 0.0833. The van der Waals surface area contributed by atoms with Crippen LogP contribution >= 0.6 is 11.6 Å². The maximum absolute atomic E-state index is 12.6. The molecule has 1 heterocycles. The third-order valence-corrected chi connectivity index (χ3v) is 2.40. The van der Waals surface area contributed by atoms with Crippen LogP contribution in [-0.4, -0.2) is 4.98 Å². The van der Waals surface area contributed by atoms with Crippen molar-refractivity contribution in [2.75, 3.05) is 0 Å². The third-order valence-electron chi connectivity index (χ3n) is 2.06. The van der Waals surface area contributed by atoms with Crippen molar-refractivity contribution >= 4 is 11.6 Å². The molecule has 0 spiro atoms. The summed E-state index contributed by atoms with van der Waals surface area (Å²) in [5.74, 6) is 0.323. The highest BCUT2D eigenvalue weighted by atomic mass is 35.5. The molecule has 0 aliphatic carbocycles. The molecule has 2 rings (SSSR count). The molecular weight excluding hydrogens is 229 g/mol. The summed E-state index contributed by atoms with van der Waals surface area (Å²) in [7, 11) is 0. The first-order chi connectivity index (χ1) is 7.75. The van der Waals surface area contributed by atoms with Gasteiger partial charge in [0.15, 0.2) is 0 Å². The zero-order chi connectivity index (χ0) is 11.4. The van der Waals surface area contributed by atoms with Crippen LogP contribution in [0.4, 0.5) is 4.39 Å². The highest BCUT2D eigenvalue weighted by Crippen LogP contribution is 2.17. The van der Waals surface area contributed by atoms with Crippen LogP contribution < -0.4 is 4.74 Å². The molecule has 1 aromatic carbocycles. The van der Waals surface area contributed by atoms with Gasteiger partial charge in [0.1, 0.15) is 18.2 Å². The summed E-state index contributed by atoms with van der Waals surface area (Å²) in [4.78, 5) is 3.87. The Balaban J connectivity index is 2.02. The fourth-order valence-electron chi connectivity index (χ4n) is 1.21. The van der Waals surface area contributed by atoms with Gasteiger partial charge in [0, 0.05) is 18.0 Å². The molecule has 2 aromatic rings. The topological polar surface area (TPSA) is 22.1 Å². The van der Waals surface area contributed by atoms with Gasteiger partial charge < -0.3 is 4.74 Å². The number of rotatable bonds is 3. The van der Waals surface area contributed by atoms with E-state index in [1.807, 2.05) is 0 Å². The number of hydrogen-bond acceptors (Lipinski definition) is 2. The van der Waals surface area contributed by atoms with Gasteiger partial charge in [-0.3, -0.25) is 4.98 Å². The van der Waals surface area contributed by atoms with Gasteiger partial charge in [0.05, 0.1) is 5.02 Å². The second-order valence-corrected chi connectivity index (χ2v) is 3.62. The van der Waals surface area contributed by atoms with Crippen LogP contribution in [-0.2, 0) is 6.61 Å². The molecule has 16 heavy (non-hydrogen) atoms. The van der Waals surface area contributed by atoms with Crippen LogP contribution in [0.3, 0.4) is 0 Å². The van der Waals surface area contributed by atoms with E-state index in [1.165, 1.54) is 12.1 Å². The van der Waals surface area contributed by atoms with E-state index in [9.17, 15) is 4.39 Å². The molecular formula is C12H9ClFNO. The molecule has 82 valence electrons. The van der Waals surface area contributed by atoms with E-state index in [-0.39, 0.29) is 5.82 Å². The Bertz CT molecular complexity index is 473. The first-order valence-corrected chi connectivity index (χ1v) is 5.10. The number of aromatic nitrogens is 1. The maximum atomic E-state index is 12.6. The van der Waals surface area contributed by atoms with Crippen LogP contribution in [0.25, 0.3) is 0 Å². The van der Waals surface area contributed by atoms with Gasteiger partial charge in [-0.2, -0.15) is 0 Å². The molecule has 4 heteroatoms. The predicted molar refractivity (Wildman–Crippen MR) is 60.0 cm³/mol. The molecule has 0 radical (unpaired) electrons. The van der Waals surface area contributed by atoms with Crippen molar-refractivity contribution < 1.29 is 9.13 Å². The van der Waals surface area contributed by atoms with Crippen molar-refractivity contribution in [2.24, 2.45) is 0 Å². The number of halogens is 2. The van der Waals surface area contributed by atoms with Gasteiger partial charge >= 0.3 is 0 Å². The molecule has 2 nitrogen and oxygen atoms in total. The van der Waals surface area contributed by atoms with E-state index in [0.717, 1.165) is 5.56 Å². The van der Waals surface area contributed by atoms with Gasteiger partial charge in [0.2, 0.25) is 0 Å². The van der Waals surface area contributed by atoms with Crippen molar-refractivity contribution in [2.45, 2.75) is 6.61 Å². The second-order valence-electron chi connectivity index (χ2n) is 3.21. The summed E-state index contributed by atoms with van der Waals surface area (Å²) in [5, 5.41) is 0.560. The lowest BCUT2D eigenvalue weighted by atomic mass is 10.3. The zero-order valence-corrected chi connectivity index (χ0v) is 9.12. The van der Waals surface area contributed by atoms with Crippen molar-refractivity contribution in [3.8, 4) is 5.75 Å². The first kappa shape index (κ1) is 10.9. The molecule has 1 aromatic heterocycles. The van der Waals surface area contributed by atoms with Crippen LogP contribution in [0.15, 0.2) is 42.7 Å². The standard InChI is InChI=1S/C12H9ClFNO/c13-12-7-15-6-5-9(12)8-16-11-3-1-10(14)2-4-11/h1-7H,8H2. The van der Waals surface area contributed by atoms with Crippen molar-refractivity contribution in [1.29, 1.82) is 0 Å². The number of pyridine rings is 1. The van der Waals surface area contributed by atoms with Crippen LogP contribution in [0.1, 0.15) is 5.56 Å². The van der Waals surface area contributed by atoms with Crippen molar-refractivity contribution in [1.82, 2.24) is 4.98 Å². The summed E-state index contributed by atoms with van der Waals surface area (Å²) in [5.41, 5.74) is 0.848. The highest BCUT2D eigenvalue weighted by molar-refractivity contribution is 6.31. The Morgan fingerprint density at radius 3 is 2.62 bits per heavy atom. The Morgan fingerprint density at radius 2 is 1.94 bits per heavy atom. The number of benzene rings is 1. The fourth-order valence-corrected chi connectivity index (χ4v) is 1.39. The molecule has 0 amide bonds. The third kappa shape index (κ3) is 2.70. The minimum Gasteiger partial charge on any atom is -0.489 e. The first-order valence-electron chi connectivity index (χ1n) is 4.72. The van der Waals surface area contributed by atoms with E-state index in [2.05, 4.69) is 4.98 Å². The van der Waals surface area contributed by atoms with E-state index in [0.29, 0.717) is 17.4 Å². The quantitative estimate of drug-likeness (QED) is 0.816. The Hall–Kier alpha value is -1.61. The van der Waals surface area contributed by atoms with Gasteiger partial charge in [-0.1, -0.05) is 11.6 Å². The molecule has 0 atom stereocenters. The SMILES string of the molecule is Fc1ccc(OCc2ccncc2Cl)cc1. The molecule has 0 bridgehead atoms. The summed E-state index contributed by atoms with van der Waals surface area (Å²) in [6.45, 7) is 0.340.